The first kappa shape index (κ1) is 14.6. The second-order valence-corrected chi connectivity index (χ2v) is 6.04. The molecule has 0 unspecified atom stereocenters. The Bertz CT molecular complexity index is 407. The molecule has 2 nitrogen and oxygen atoms in total. The lowest BCUT2D eigenvalue weighted by atomic mass is 9.90. The first-order valence-electron chi connectivity index (χ1n) is 7.08. The lowest BCUT2D eigenvalue weighted by molar-refractivity contribution is -0.129. The summed E-state index contributed by atoms with van der Waals surface area (Å²) in [4.78, 5) is 13.5. The summed E-state index contributed by atoms with van der Waals surface area (Å²) in [6, 6.07) is 8.84. The van der Waals surface area contributed by atoms with Gasteiger partial charge in [-0.15, -0.1) is 0 Å². The second kappa shape index (κ2) is 7.09. The maximum atomic E-state index is 11.6. The van der Waals surface area contributed by atoms with E-state index in [0.29, 0.717) is 5.33 Å². The van der Waals surface area contributed by atoms with Crippen molar-refractivity contribution in [3.63, 3.8) is 0 Å². The van der Waals surface area contributed by atoms with E-state index in [1.165, 1.54) is 17.5 Å². The van der Waals surface area contributed by atoms with Gasteiger partial charge < -0.3 is 4.90 Å². The maximum Gasteiger partial charge on any atom is 0.233 e. The number of benzene rings is 1. The number of hydrogen-bond donors (Lipinski definition) is 0. The summed E-state index contributed by atoms with van der Waals surface area (Å²) in [7, 11) is 0. The third kappa shape index (κ3) is 4.34. The lowest BCUT2D eigenvalue weighted by Gasteiger charge is -2.31. The smallest absolute Gasteiger partial charge is 0.233 e. The number of nitrogens with zero attached hydrogens (tertiary/aromatic N) is 1. The molecule has 0 aromatic heterocycles. The molecular weight excluding hydrogens is 302 g/mol. The number of aryl methyl sites for hydroxylation is 2. The van der Waals surface area contributed by atoms with Crippen LogP contribution in [0.1, 0.15) is 30.4 Å². The van der Waals surface area contributed by atoms with Crippen molar-refractivity contribution in [2.75, 3.05) is 18.4 Å². The van der Waals surface area contributed by atoms with E-state index in [1.807, 2.05) is 4.90 Å². The van der Waals surface area contributed by atoms with Gasteiger partial charge in [0.05, 0.1) is 5.33 Å². The van der Waals surface area contributed by atoms with E-state index in [-0.39, 0.29) is 5.91 Å². The standard InChI is InChI=1S/C16H22BrNO/c1-13-2-4-14(5-3-13)6-7-15-8-10-18(11-9-15)16(19)12-17/h2-5,15H,6-12H2,1H3. The van der Waals surface area contributed by atoms with Gasteiger partial charge in [-0.05, 0) is 44.1 Å². The first-order valence-corrected chi connectivity index (χ1v) is 8.20. The van der Waals surface area contributed by atoms with Crippen LogP contribution in [0.4, 0.5) is 0 Å². The van der Waals surface area contributed by atoms with E-state index in [9.17, 15) is 4.79 Å². The normalized spacial score (nSPS) is 16.6. The third-order valence-corrected chi connectivity index (χ3v) is 4.52. The topological polar surface area (TPSA) is 20.3 Å². The minimum Gasteiger partial charge on any atom is -0.342 e. The molecule has 0 aliphatic carbocycles. The van der Waals surface area contributed by atoms with Crippen LogP contribution in [0.2, 0.25) is 0 Å². The van der Waals surface area contributed by atoms with Gasteiger partial charge in [0, 0.05) is 13.1 Å². The predicted molar refractivity (Wildman–Crippen MR) is 82.6 cm³/mol. The van der Waals surface area contributed by atoms with Crippen molar-refractivity contribution in [2.45, 2.75) is 32.6 Å². The lowest BCUT2D eigenvalue weighted by Crippen LogP contribution is -2.39. The van der Waals surface area contributed by atoms with Gasteiger partial charge in [0.25, 0.3) is 0 Å². The molecule has 0 saturated carbocycles. The van der Waals surface area contributed by atoms with E-state index in [4.69, 9.17) is 0 Å². The molecule has 1 heterocycles. The number of likely N-dealkylation sites (tertiary alicyclic amines) is 1. The molecule has 0 N–H and O–H groups in total. The Hall–Kier alpha value is -0.830. The molecule has 0 radical (unpaired) electrons. The van der Waals surface area contributed by atoms with Crippen LogP contribution < -0.4 is 0 Å². The molecule has 19 heavy (non-hydrogen) atoms. The number of amides is 1. The summed E-state index contributed by atoms with van der Waals surface area (Å²) in [6.07, 6.45) is 4.73. The maximum absolute atomic E-state index is 11.6. The van der Waals surface area contributed by atoms with E-state index in [1.54, 1.807) is 0 Å². The van der Waals surface area contributed by atoms with Crippen molar-refractivity contribution in [3.8, 4) is 0 Å². The number of alkyl halides is 1. The number of rotatable bonds is 4. The summed E-state index contributed by atoms with van der Waals surface area (Å²) < 4.78 is 0. The molecule has 1 aliphatic rings. The summed E-state index contributed by atoms with van der Waals surface area (Å²) in [5.74, 6) is 1.01. The molecule has 1 aliphatic heterocycles. The number of halogens is 1. The van der Waals surface area contributed by atoms with Crippen LogP contribution in [0.3, 0.4) is 0 Å². The zero-order valence-electron chi connectivity index (χ0n) is 11.6. The van der Waals surface area contributed by atoms with Crippen LogP contribution in [-0.4, -0.2) is 29.2 Å². The number of carbonyl (C=O) groups is 1. The monoisotopic (exact) mass is 323 g/mol. The Morgan fingerprint density at radius 1 is 1.26 bits per heavy atom. The van der Waals surface area contributed by atoms with Crippen molar-refractivity contribution in [1.82, 2.24) is 4.90 Å². The highest BCUT2D eigenvalue weighted by Gasteiger charge is 2.21. The fourth-order valence-electron chi connectivity index (χ4n) is 2.68. The Kier molecular flexibility index (Phi) is 5.44. The van der Waals surface area contributed by atoms with Gasteiger partial charge in [0.1, 0.15) is 0 Å². The highest BCUT2D eigenvalue weighted by molar-refractivity contribution is 9.09. The van der Waals surface area contributed by atoms with E-state index in [0.717, 1.165) is 38.3 Å². The molecule has 1 aromatic carbocycles. The van der Waals surface area contributed by atoms with Gasteiger partial charge in [-0.3, -0.25) is 4.79 Å². The van der Waals surface area contributed by atoms with Crippen molar-refractivity contribution in [3.05, 3.63) is 35.4 Å². The predicted octanol–water partition coefficient (Wildman–Crippen LogP) is 3.56. The average molecular weight is 324 g/mol. The van der Waals surface area contributed by atoms with Crippen LogP contribution in [0, 0.1) is 12.8 Å². The van der Waals surface area contributed by atoms with Crippen LogP contribution in [0.15, 0.2) is 24.3 Å². The molecule has 1 fully saturated rings. The quantitative estimate of drug-likeness (QED) is 0.776. The van der Waals surface area contributed by atoms with E-state index in [2.05, 4.69) is 47.1 Å². The van der Waals surface area contributed by atoms with Crippen LogP contribution in [0.25, 0.3) is 0 Å². The third-order valence-electron chi connectivity index (χ3n) is 4.04. The largest absolute Gasteiger partial charge is 0.342 e. The molecule has 1 saturated heterocycles. The minimum atomic E-state index is 0.233. The number of piperidine rings is 1. The fourth-order valence-corrected chi connectivity index (χ4v) is 3.04. The van der Waals surface area contributed by atoms with Gasteiger partial charge in [0.2, 0.25) is 5.91 Å². The fraction of sp³-hybridized carbons (Fsp3) is 0.562. The molecule has 1 aromatic rings. The SMILES string of the molecule is Cc1ccc(CCC2CCN(C(=O)CBr)CC2)cc1. The zero-order valence-corrected chi connectivity index (χ0v) is 13.2. The molecule has 0 bridgehead atoms. The van der Waals surface area contributed by atoms with Gasteiger partial charge in [-0.1, -0.05) is 45.8 Å². The van der Waals surface area contributed by atoms with Crippen molar-refractivity contribution in [1.29, 1.82) is 0 Å². The van der Waals surface area contributed by atoms with Crippen LogP contribution in [0.5, 0.6) is 0 Å². The first-order chi connectivity index (χ1) is 9.19. The summed E-state index contributed by atoms with van der Waals surface area (Å²) >= 11 is 3.24. The highest BCUT2D eigenvalue weighted by Crippen LogP contribution is 2.22. The molecule has 3 heteroatoms. The summed E-state index contributed by atoms with van der Waals surface area (Å²) in [5, 5.41) is 0.459. The van der Waals surface area contributed by atoms with E-state index < -0.39 is 0 Å². The zero-order chi connectivity index (χ0) is 13.7. The average Bonchev–Trinajstić information content (AvgIpc) is 2.46. The van der Waals surface area contributed by atoms with Gasteiger partial charge >= 0.3 is 0 Å². The molecule has 1 amide bonds. The van der Waals surface area contributed by atoms with Gasteiger partial charge in [-0.25, -0.2) is 0 Å². The highest BCUT2D eigenvalue weighted by atomic mass is 79.9. The minimum absolute atomic E-state index is 0.233. The summed E-state index contributed by atoms with van der Waals surface area (Å²) in [5.41, 5.74) is 2.76. The van der Waals surface area contributed by atoms with Crippen molar-refractivity contribution < 1.29 is 4.79 Å². The Labute approximate surface area is 124 Å². The Morgan fingerprint density at radius 3 is 2.47 bits per heavy atom. The molecule has 104 valence electrons. The Balaban J connectivity index is 1.74. The van der Waals surface area contributed by atoms with Crippen molar-refractivity contribution >= 4 is 21.8 Å². The second-order valence-electron chi connectivity index (χ2n) is 5.48. The van der Waals surface area contributed by atoms with Crippen molar-refractivity contribution in [2.24, 2.45) is 5.92 Å². The van der Waals surface area contributed by atoms with Crippen LogP contribution >= 0.6 is 15.9 Å². The molecule has 2 rings (SSSR count). The Morgan fingerprint density at radius 2 is 1.89 bits per heavy atom. The number of hydrogen-bond acceptors (Lipinski definition) is 1. The number of carbonyl (C=O) groups excluding carboxylic acids is 1. The van der Waals surface area contributed by atoms with Crippen LogP contribution in [-0.2, 0) is 11.2 Å². The molecule has 0 atom stereocenters. The molecular formula is C16H22BrNO. The van der Waals surface area contributed by atoms with Gasteiger partial charge in [0.15, 0.2) is 0 Å². The summed E-state index contributed by atoms with van der Waals surface area (Å²) in [6.45, 7) is 3.99. The van der Waals surface area contributed by atoms with Gasteiger partial charge in [-0.2, -0.15) is 0 Å². The van der Waals surface area contributed by atoms with E-state index >= 15 is 0 Å². The molecule has 0 spiro atoms.